The molecule has 0 saturated carbocycles. The lowest BCUT2D eigenvalue weighted by Crippen LogP contribution is -2.14. The molecule has 0 saturated heterocycles. The zero-order valence-corrected chi connectivity index (χ0v) is 31.7. The number of halogens is 2. The van der Waals surface area contributed by atoms with Gasteiger partial charge in [0.2, 0.25) is 0 Å². The number of carbonyl (C=O) groups excluding carboxylic acids is 2. The third-order valence-electron chi connectivity index (χ3n) is 9.45. The lowest BCUT2D eigenvalue weighted by atomic mass is 10.0. The molecule has 0 atom stereocenters. The Bertz CT molecular complexity index is 2630. The summed E-state index contributed by atoms with van der Waals surface area (Å²) < 4.78 is 11.5. The second-order valence-corrected chi connectivity index (χ2v) is 13.7. The molecule has 2 amide bonds. The maximum absolute atomic E-state index is 13.9. The molecule has 0 spiro atoms. The van der Waals surface area contributed by atoms with Crippen LogP contribution in [0, 0.1) is 0 Å². The van der Waals surface area contributed by atoms with Gasteiger partial charge >= 0.3 is 0 Å². The second kappa shape index (κ2) is 15.5. The Labute approximate surface area is 332 Å². The quantitative estimate of drug-likeness (QED) is 0.151. The molecule has 6 aromatic carbocycles. The van der Waals surface area contributed by atoms with Crippen molar-refractivity contribution in [3.8, 4) is 45.1 Å². The van der Waals surface area contributed by atoms with Crippen LogP contribution in [0.3, 0.4) is 0 Å². The van der Waals surface area contributed by atoms with E-state index in [1.165, 1.54) is 0 Å². The van der Waals surface area contributed by atoms with Gasteiger partial charge in [-0.25, -0.2) is 9.97 Å². The van der Waals surface area contributed by atoms with E-state index < -0.39 is 0 Å². The number of hydrogen-bond acceptors (Lipinski definition) is 6. The number of benzene rings is 6. The van der Waals surface area contributed by atoms with Crippen LogP contribution in [0.2, 0.25) is 10.0 Å². The van der Waals surface area contributed by atoms with E-state index >= 15 is 0 Å². The van der Waals surface area contributed by atoms with Gasteiger partial charge in [-0.15, -0.1) is 0 Å². The van der Waals surface area contributed by atoms with Gasteiger partial charge in [0.1, 0.15) is 11.5 Å². The van der Waals surface area contributed by atoms with Crippen LogP contribution in [-0.4, -0.2) is 36.0 Å². The molecular weight excluding hydrogens is 743 g/mol. The maximum Gasteiger partial charge on any atom is 0.256 e. The highest BCUT2D eigenvalue weighted by Gasteiger charge is 2.20. The van der Waals surface area contributed by atoms with E-state index in [0.29, 0.717) is 77.2 Å². The predicted octanol–water partition coefficient (Wildman–Crippen LogP) is 11.6. The van der Waals surface area contributed by atoms with Crippen LogP contribution in [0.4, 0.5) is 11.4 Å². The summed E-state index contributed by atoms with van der Waals surface area (Å²) in [4.78, 5) is 37.4. The standard InChI is InChI=1S/C46H32Cl2N4O4/c1-55-43-23-27(19-21-39(43)51-45(53)33-25-41(31-13-3-7-15-35(31)47)49-37-17-9-5-11-29(33)37)28-20-22-40(44(24-28)56-2)52-46(54)34-26-42(32-14-4-8-16-36(32)48)50-38-18-10-6-12-30(34)38/h3-26H,1-2H3,(H,51,53)(H,52,54). The van der Waals surface area contributed by atoms with Gasteiger partial charge in [0.15, 0.2) is 0 Å². The lowest BCUT2D eigenvalue weighted by molar-refractivity contribution is 0.102. The molecule has 10 heteroatoms. The van der Waals surface area contributed by atoms with Gasteiger partial charge in [0.25, 0.3) is 11.8 Å². The number of nitrogens with zero attached hydrogens (tertiary/aromatic N) is 2. The first-order valence-corrected chi connectivity index (χ1v) is 18.4. The molecule has 8 rings (SSSR count). The van der Waals surface area contributed by atoms with Gasteiger partial charge in [0, 0.05) is 31.9 Å². The highest BCUT2D eigenvalue weighted by Crippen LogP contribution is 2.37. The molecule has 2 aromatic heterocycles. The van der Waals surface area contributed by atoms with Gasteiger partial charge in [0.05, 0.1) is 59.1 Å². The van der Waals surface area contributed by atoms with E-state index in [-0.39, 0.29) is 11.8 Å². The van der Waals surface area contributed by atoms with Crippen molar-refractivity contribution in [2.75, 3.05) is 24.9 Å². The van der Waals surface area contributed by atoms with Crippen molar-refractivity contribution in [3.63, 3.8) is 0 Å². The number of nitrogens with one attached hydrogen (secondary N) is 2. The first kappa shape index (κ1) is 36.2. The summed E-state index contributed by atoms with van der Waals surface area (Å²) in [5.41, 5.74) is 7.43. The van der Waals surface area contributed by atoms with Crippen molar-refractivity contribution >= 4 is 68.2 Å². The number of anilines is 2. The van der Waals surface area contributed by atoms with Gasteiger partial charge in [-0.05, 0) is 71.8 Å². The van der Waals surface area contributed by atoms with Crippen molar-refractivity contribution < 1.29 is 19.1 Å². The number of carbonyl (C=O) groups is 2. The fourth-order valence-electron chi connectivity index (χ4n) is 6.67. The second-order valence-electron chi connectivity index (χ2n) is 12.8. The smallest absolute Gasteiger partial charge is 0.256 e. The van der Waals surface area contributed by atoms with Gasteiger partial charge in [-0.2, -0.15) is 0 Å². The third kappa shape index (κ3) is 7.11. The normalized spacial score (nSPS) is 11.0. The lowest BCUT2D eigenvalue weighted by Gasteiger charge is -2.16. The number of ether oxygens (including phenoxy) is 2. The topological polar surface area (TPSA) is 102 Å². The van der Waals surface area contributed by atoms with Crippen molar-refractivity contribution in [1.29, 1.82) is 0 Å². The van der Waals surface area contributed by atoms with E-state index in [1.807, 2.05) is 109 Å². The maximum atomic E-state index is 13.9. The van der Waals surface area contributed by atoms with E-state index in [1.54, 1.807) is 50.6 Å². The van der Waals surface area contributed by atoms with Crippen LogP contribution >= 0.6 is 23.2 Å². The highest BCUT2D eigenvalue weighted by atomic mass is 35.5. The molecule has 8 nitrogen and oxygen atoms in total. The fraction of sp³-hybridized carbons (Fsp3) is 0.0435. The molecule has 0 aliphatic rings. The minimum absolute atomic E-state index is 0.328. The minimum Gasteiger partial charge on any atom is -0.495 e. The van der Waals surface area contributed by atoms with E-state index in [4.69, 9.17) is 42.6 Å². The third-order valence-corrected chi connectivity index (χ3v) is 10.1. The Balaban J connectivity index is 1.07. The molecule has 0 fully saturated rings. The van der Waals surface area contributed by atoms with Gasteiger partial charge in [-0.1, -0.05) is 108 Å². The molecule has 0 radical (unpaired) electrons. The van der Waals surface area contributed by atoms with Crippen LogP contribution in [0.5, 0.6) is 11.5 Å². The molecule has 0 aliphatic heterocycles. The summed E-state index contributed by atoms with van der Waals surface area (Å²) in [6, 6.07) is 44.3. The van der Waals surface area contributed by atoms with Crippen molar-refractivity contribution in [3.05, 3.63) is 167 Å². The van der Waals surface area contributed by atoms with Crippen molar-refractivity contribution in [2.24, 2.45) is 0 Å². The Kier molecular flexibility index (Phi) is 10.1. The summed E-state index contributed by atoms with van der Waals surface area (Å²) in [6.07, 6.45) is 0. The number of aromatic nitrogens is 2. The summed E-state index contributed by atoms with van der Waals surface area (Å²) in [5, 5.41) is 8.55. The molecule has 0 aliphatic carbocycles. The average molecular weight is 776 g/mol. The molecule has 56 heavy (non-hydrogen) atoms. The van der Waals surface area contributed by atoms with Crippen LogP contribution < -0.4 is 20.1 Å². The minimum atomic E-state index is -0.328. The molecule has 0 unspecified atom stereocenters. The molecule has 274 valence electrons. The van der Waals surface area contributed by atoms with Crippen LogP contribution in [-0.2, 0) is 0 Å². The molecule has 8 aromatic rings. The van der Waals surface area contributed by atoms with E-state index in [0.717, 1.165) is 22.3 Å². The summed E-state index contributed by atoms with van der Waals surface area (Å²) in [5.74, 6) is 0.253. The van der Waals surface area contributed by atoms with Gasteiger partial charge < -0.3 is 20.1 Å². The Morgan fingerprint density at radius 2 is 0.893 bits per heavy atom. The molecule has 0 bridgehead atoms. The van der Waals surface area contributed by atoms with Crippen LogP contribution in [0.1, 0.15) is 20.7 Å². The van der Waals surface area contributed by atoms with Crippen molar-refractivity contribution in [2.45, 2.75) is 0 Å². The summed E-state index contributed by atoms with van der Waals surface area (Å²) in [7, 11) is 3.09. The number of rotatable bonds is 9. The average Bonchev–Trinajstić information content (AvgIpc) is 3.23. The first-order chi connectivity index (χ1) is 27.3. The van der Waals surface area contributed by atoms with Crippen molar-refractivity contribution in [1.82, 2.24) is 9.97 Å². The zero-order chi connectivity index (χ0) is 38.8. The Hall–Kier alpha value is -6.74. The van der Waals surface area contributed by atoms with Gasteiger partial charge in [-0.3, -0.25) is 9.59 Å². The monoisotopic (exact) mass is 774 g/mol. The SMILES string of the molecule is COc1cc(-c2ccc(NC(=O)c3cc(-c4ccccc4Cl)nc4ccccc34)c(OC)c2)ccc1NC(=O)c1cc(-c2ccccc2Cl)nc2ccccc12. The van der Waals surface area contributed by atoms with E-state index in [2.05, 4.69) is 10.6 Å². The highest BCUT2D eigenvalue weighted by molar-refractivity contribution is 6.33. The number of amides is 2. The zero-order valence-electron chi connectivity index (χ0n) is 30.1. The number of para-hydroxylation sites is 2. The summed E-state index contributed by atoms with van der Waals surface area (Å²) >= 11 is 13.0. The molecule has 2 N–H and O–H groups in total. The Morgan fingerprint density at radius 3 is 1.30 bits per heavy atom. The summed E-state index contributed by atoms with van der Waals surface area (Å²) in [6.45, 7) is 0. The molecular formula is C46H32Cl2N4O4. The number of pyridine rings is 2. The first-order valence-electron chi connectivity index (χ1n) is 17.6. The van der Waals surface area contributed by atoms with Crippen LogP contribution in [0.25, 0.3) is 55.4 Å². The largest absolute Gasteiger partial charge is 0.495 e. The van der Waals surface area contributed by atoms with Crippen LogP contribution in [0.15, 0.2) is 146 Å². The Morgan fingerprint density at radius 1 is 0.500 bits per heavy atom. The predicted molar refractivity (Wildman–Crippen MR) is 225 cm³/mol. The van der Waals surface area contributed by atoms with E-state index in [9.17, 15) is 9.59 Å². The number of methoxy groups -OCH3 is 2. The fourth-order valence-corrected chi connectivity index (χ4v) is 7.13. The molecule has 2 heterocycles. The number of hydrogen-bond donors (Lipinski definition) is 2. The number of fused-ring (bicyclic) bond motifs is 2.